The number of unbranched alkanes of at least 4 members (excludes halogenated alkanes) is 1. The van der Waals surface area contributed by atoms with E-state index in [0.717, 1.165) is 30.7 Å². The molecule has 0 fully saturated rings. The highest BCUT2D eigenvalue weighted by Crippen LogP contribution is 2.28. The maximum atomic E-state index is 10.3. The van der Waals surface area contributed by atoms with Crippen molar-refractivity contribution in [2.24, 2.45) is 16.3 Å². The van der Waals surface area contributed by atoms with Gasteiger partial charge in [0.25, 0.3) is 0 Å². The minimum Gasteiger partial charge on any atom is -0.391 e. The van der Waals surface area contributed by atoms with Gasteiger partial charge < -0.3 is 5.11 Å². The summed E-state index contributed by atoms with van der Waals surface area (Å²) in [6.07, 6.45) is 5.21. The Labute approximate surface area is 139 Å². The zero-order valence-corrected chi connectivity index (χ0v) is 14.6. The zero-order valence-electron chi connectivity index (χ0n) is 13.8. The van der Waals surface area contributed by atoms with Crippen LogP contribution in [-0.4, -0.2) is 36.2 Å². The fraction of sp³-hybridized carbons (Fsp3) is 0.588. The lowest BCUT2D eigenvalue weighted by Crippen LogP contribution is -2.43. The lowest BCUT2D eigenvalue weighted by molar-refractivity contribution is 0.0267. The number of aliphatic hydroxyl groups is 1. The van der Waals surface area contributed by atoms with Crippen molar-refractivity contribution in [1.29, 1.82) is 0 Å². The van der Waals surface area contributed by atoms with Crippen molar-refractivity contribution in [3.8, 4) is 0 Å². The van der Waals surface area contributed by atoms with E-state index in [4.69, 9.17) is 17.4 Å². The molecule has 0 bridgehead atoms. The number of halogens is 1. The summed E-state index contributed by atoms with van der Waals surface area (Å²) in [5, 5.41) is 12.5. The average Bonchev–Trinajstić information content (AvgIpc) is 2.45. The third-order valence-electron chi connectivity index (χ3n) is 4.00. The van der Waals surface area contributed by atoms with Gasteiger partial charge in [-0.15, -0.1) is 0 Å². The second kappa shape index (κ2) is 9.13. The Kier molecular flexibility index (Phi) is 7.87. The van der Waals surface area contributed by atoms with E-state index in [1.807, 2.05) is 12.1 Å². The zero-order chi connectivity index (χ0) is 16.6. The summed E-state index contributed by atoms with van der Waals surface area (Å²) in [6.45, 7) is 4.55. The van der Waals surface area contributed by atoms with E-state index in [1.165, 1.54) is 16.9 Å². The highest BCUT2D eigenvalue weighted by Gasteiger charge is 2.28. The molecule has 124 valence electrons. The predicted octanol–water partition coefficient (Wildman–Crippen LogP) is 3.27. The van der Waals surface area contributed by atoms with Crippen molar-refractivity contribution in [1.82, 2.24) is 5.01 Å². The van der Waals surface area contributed by atoms with Crippen molar-refractivity contribution in [2.45, 2.75) is 45.6 Å². The molecule has 1 atom stereocenters. The molecule has 0 saturated carbocycles. The monoisotopic (exact) mass is 325 g/mol. The van der Waals surface area contributed by atoms with Gasteiger partial charge in [0.2, 0.25) is 0 Å². The van der Waals surface area contributed by atoms with Gasteiger partial charge in [0.1, 0.15) is 0 Å². The summed E-state index contributed by atoms with van der Waals surface area (Å²) in [4.78, 5) is 3.84. The van der Waals surface area contributed by atoms with Crippen molar-refractivity contribution >= 4 is 17.9 Å². The summed E-state index contributed by atoms with van der Waals surface area (Å²) in [5.41, 5.74) is 1.13. The van der Waals surface area contributed by atoms with E-state index in [9.17, 15) is 5.11 Å². The second-order valence-electron chi connectivity index (χ2n) is 6.41. The molecule has 0 aliphatic carbocycles. The van der Waals surface area contributed by atoms with E-state index in [2.05, 4.69) is 31.0 Å². The largest absolute Gasteiger partial charge is 0.391 e. The quantitative estimate of drug-likeness (QED) is 0.241. The molecule has 0 aliphatic rings. The predicted molar refractivity (Wildman–Crippen MR) is 94.1 cm³/mol. The number of hydrogen-bond acceptors (Lipinski definition) is 3. The second-order valence-corrected chi connectivity index (χ2v) is 6.84. The van der Waals surface area contributed by atoms with Crippen molar-refractivity contribution in [2.75, 3.05) is 13.6 Å². The van der Waals surface area contributed by atoms with Crippen LogP contribution in [0.3, 0.4) is 0 Å². The highest BCUT2D eigenvalue weighted by molar-refractivity contribution is 6.30. The number of benzene rings is 1. The van der Waals surface area contributed by atoms with Gasteiger partial charge >= 0.3 is 0 Å². The summed E-state index contributed by atoms with van der Waals surface area (Å²) < 4.78 is 0. The molecule has 0 spiro atoms. The lowest BCUT2D eigenvalue weighted by atomic mass is 9.81. The molecule has 1 aromatic rings. The maximum absolute atomic E-state index is 10.3. The van der Waals surface area contributed by atoms with Crippen LogP contribution in [0, 0.1) is 5.41 Å². The Bertz CT molecular complexity index is 459. The molecule has 0 saturated heterocycles. The van der Waals surface area contributed by atoms with Crippen molar-refractivity contribution in [3.63, 3.8) is 0 Å². The number of aliphatic hydroxyl groups excluding tert-OH is 1. The van der Waals surface area contributed by atoms with E-state index >= 15 is 0 Å². The molecule has 1 aromatic carbocycles. The van der Waals surface area contributed by atoms with Crippen molar-refractivity contribution in [3.05, 3.63) is 34.9 Å². The first-order valence-corrected chi connectivity index (χ1v) is 8.09. The van der Waals surface area contributed by atoms with Crippen LogP contribution in [0.25, 0.3) is 0 Å². The molecular weight excluding hydrogens is 298 g/mol. The van der Waals surface area contributed by atoms with Crippen LogP contribution in [0.1, 0.15) is 38.7 Å². The van der Waals surface area contributed by atoms with Crippen molar-refractivity contribution < 1.29 is 5.11 Å². The molecule has 5 heteroatoms. The summed E-state index contributed by atoms with van der Waals surface area (Å²) >= 11 is 5.88. The number of rotatable bonds is 9. The summed E-state index contributed by atoms with van der Waals surface area (Å²) in [6, 6.07) is 7.99. The van der Waals surface area contributed by atoms with Crippen LogP contribution in [0.2, 0.25) is 5.02 Å². The fourth-order valence-corrected chi connectivity index (χ4v) is 2.50. The van der Waals surface area contributed by atoms with Crippen LogP contribution >= 0.6 is 11.6 Å². The molecule has 3 N–H and O–H groups in total. The Morgan fingerprint density at radius 1 is 1.32 bits per heavy atom. The number of nitrogens with two attached hydrogens (primary N) is 1. The molecule has 4 nitrogen and oxygen atoms in total. The van der Waals surface area contributed by atoms with Crippen LogP contribution in [-0.2, 0) is 6.42 Å². The number of hydrogen-bond donors (Lipinski definition) is 2. The number of aliphatic imine (C=N–C) groups is 1. The van der Waals surface area contributed by atoms with Gasteiger partial charge in [-0.1, -0.05) is 44.0 Å². The normalized spacial score (nSPS) is 13.5. The molecule has 0 radical (unpaired) electrons. The molecule has 22 heavy (non-hydrogen) atoms. The van der Waals surface area contributed by atoms with Gasteiger partial charge in [0, 0.05) is 12.1 Å². The first-order chi connectivity index (χ1) is 10.3. The fourth-order valence-electron chi connectivity index (χ4n) is 2.37. The SMILES string of the molecule is CN=CN(N)CC(O)C(C)(C)CCCCc1ccc(Cl)cc1. The molecule has 0 aromatic heterocycles. The van der Waals surface area contributed by atoms with Gasteiger partial charge in [0.05, 0.1) is 19.0 Å². The molecule has 1 unspecified atom stereocenters. The minimum absolute atomic E-state index is 0.167. The average molecular weight is 326 g/mol. The Morgan fingerprint density at radius 3 is 2.55 bits per heavy atom. The molecule has 1 rings (SSSR count). The molecule has 0 amide bonds. The first kappa shape index (κ1) is 18.9. The molecule has 0 aliphatic heterocycles. The smallest absolute Gasteiger partial charge is 0.0987 e. The van der Waals surface area contributed by atoms with E-state index < -0.39 is 6.10 Å². The van der Waals surface area contributed by atoms with Crippen LogP contribution < -0.4 is 5.84 Å². The third-order valence-corrected chi connectivity index (χ3v) is 4.25. The minimum atomic E-state index is -0.481. The van der Waals surface area contributed by atoms with E-state index in [0.29, 0.717) is 6.54 Å². The Balaban J connectivity index is 2.33. The van der Waals surface area contributed by atoms with E-state index in [1.54, 1.807) is 7.05 Å². The Morgan fingerprint density at radius 2 is 1.95 bits per heavy atom. The topological polar surface area (TPSA) is 61.8 Å². The van der Waals surface area contributed by atoms with Crippen LogP contribution in [0.4, 0.5) is 0 Å². The Hall–Kier alpha value is -1.10. The van der Waals surface area contributed by atoms with Gasteiger partial charge in [-0.05, 0) is 42.4 Å². The van der Waals surface area contributed by atoms with Crippen LogP contribution in [0.5, 0.6) is 0 Å². The number of nitrogens with zero attached hydrogens (tertiary/aromatic N) is 2. The van der Waals surface area contributed by atoms with Gasteiger partial charge in [0.15, 0.2) is 0 Å². The van der Waals surface area contributed by atoms with Gasteiger partial charge in [-0.25, -0.2) is 5.84 Å². The van der Waals surface area contributed by atoms with Gasteiger partial charge in [-0.2, -0.15) is 0 Å². The highest BCUT2D eigenvalue weighted by atomic mass is 35.5. The van der Waals surface area contributed by atoms with E-state index in [-0.39, 0.29) is 5.41 Å². The lowest BCUT2D eigenvalue weighted by Gasteiger charge is -2.32. The standard InChI is InChI=1S/C17H28ClN3O/c1-17(2,16(22)12-21(19)13-20-3)11-5-4-6-14-7-9-15(18)10-8-14/h7-10,13,16,22H,4-6,11-12,19H2,1-3H3. The molecular formula is C17H28ClN3O. The van der Waals surface area contributed by atoms with Crippen LogP contribution in [0.15, 0.2) is 29.3 Å². The summed E-state index contributed by atoms with van der Waals surface area (Å²) in [5.74, 6) is 5.74. The summed E-state index contributed by atoms with van der Waals surface area (Å²) in [7, 11) is 1.66. The maximum Gasteiger partial charge on any atom is 0.0987 e. The third kappa shape index (κ3) is 6.77. The molecule has 0 heterocycles. The number of aryl methyl sites for hydroxylation is 1. The van der Waals surface area contributed by atoms with Gasteiger partial charge in [-0.3, -0.25) is 10.0 Å². The first-order valence-electron chi connectivity index (χ1n) is 7.71. The number of hydrazine groups is 1.